The van der Waals surface area contributed by atoms with Gasteiger partial charge in [-0.05, 0) is 42.7 Å². The Morgan fingerprint density at radius 1 is 1.13 bits per heavy atom. The van der Waals surface area contributed by atoms with Crippen LogP contribution in [0.3, 0.4) is 0 Å². The average Bonchev–Trinajstić information content (AvgIpc) is 2.85. The smallest absolute Gasteiger partial charge is 0.156 e. The van der Waals surface area contributed by atoms with Crippen LogP contribution in [0.15, 0.2) is 34.7 Å². The van der Waals surface area contributed by atoms with E-state index in [1.807, 2.05) is 19.1 Å². The fourth-order valence-electron chi connectivity index (χ4n) is 2.89. The molecule has 0 unspecified atom stereocenters. The van der Waals surface area contributed by atoms with Gasteiger partial charge in [-0.3, -0.25) is 0 Å². The molecule has 0 saturated carbocycles. The van der Waals surface area contributed by atoms with Gasteiger partial charge in [0.25, 0.3) is 0 Å². The molecule has 0 spiro atoms. The quantitative estimate of drug-likeness (QED) is 0.678. The van der Waals surface area contributed by atoms with Gasteiger partial charge in [-0.25, -0.2) is 0 Å². The van der Waals surface area contributed by atoms with Crippen molar-refractivity contribution in [2.45, 2.75) is 33.1 Å². The van der Waals surface area contributed by atoms with E-state index in [1.54, 1.807) is 18.2 Å². The van der Waals surface area contributed by atoms with E-state index >= 15 is 0 Å². The number of halogens is 1. The number of hydrogen-bond acceptors (Lipinski definition) is 3. The minimum absolute atomic E-state index is 0.236. The van der Waals surface area contributed by atoms with Crippen LogP contribution in [-0.2, 0) is 12.8 Å². The van der Waals surface area contributed by atoms with E-state index in [1.165, 1.54) is 0 Å². The minimum Gasteiger partial charge on any atom is -0.508 e. The topological polar surface area (TPSA) is 53.6 Å². The highest BCUT2D eigenvalue weighted by molar-refractivity contribution is 6.35. The number of benzene rings is 2. The highest BCUT2D eigenvalue weighted by atomic mass is 35.5. The number of aryl methyl sites for hydroxylation is 2. The Labute approximate surface area is 140 Å². The number of aromatic hydroxyl groups is 2. The third kappa shape index (κ3) is 2.89. The van der Waals surface area contributed by atoms with E-state index in [-0.39, 0.29) is 11.5 Å². The van der Waals surface area contributed by atoms with Crippen molar-refractivity contribution in [1.29, 1.82) is 0 Å². The van der Waals surface area contributed by atoms with Crippen molar-refractivity contribution in [2.75, 3.05) is 0 Å². The summed E-state index contributed by atoms with van der Waals surface area (Å²) in [5, 5.41) is 21.2. The molecule has 4 heteroatoms. The monoisotopic (exact) mass is 330 g/mol. The average molecular weight is 331 g/mol. The SMILES string of the molecule is CCCc1cc(Cl)c2oc(Cc3ccc(O)cc3)c(C)c2c1O. The van der Waals surface area contributed by atoms with Gasteiger partial charge in [0.2, 0.25) is 0 Å². The molecule has 2 N–H and O–H groups in total. The molecule has 23 heavy (non-hydrogen) atoms. The second-order valence-corrected chi connectivity index (χ2v) is 6.22. The van der Waals surface area contributed by atoms with Crippen LogP contribution in [0.25, 0.3) is 11.0 Å². The normalized spacial score (nSPS) is 11.3. The number of phenolic OH excluding ortho intramolecular Hbond substituents is 2. The summed E-state index contributed by atoms with van der Waals surface area (Å²) in [6, 6.07) is 8.79. The van der Waals surface area contributed by atoms with E-state index in [9.17, 15) is 10.2 Å². The lowest BCUT2D eigenvalue weighted by Gasteiger charge is -2.05. The summed E-state index contributed by atoms with van der Waals surface area (Å²) >= 11 is 6.34. The van der Waals surface area contributed by atoms with Gasteiger partial charge in [-0.1, -0.05) is 37.1 Å². The van der Waals surface area contributed by atoms with Crippen molar-refractivity contribution in [3.63, 3.8) is 0 Å². The molecule has 3 aromatic rings. The maximum absolute atomic E-state index is 10.5. The minimum atomic E-state index is 0.236. The first kappa shape index (κ1) is 15.8. The molecule has 0 aliphatic rings. The molecule has 0 aliphatic carbocycles. The Morgan fingerprint density at radius 2 is 1.83 bits per heavy atom. The van der Waals surface area contributed by atoms with Gasteiger partial charge >= 0.3 is 0 Å². The predicted molar refractivity (Wildman–Crippen MR) is 92.5 cm³/mol. The van der Waals surface area contributed by atoms with Crippen LogP contribution in [0.2, 0.25) is 5.02 Å². The molecule has 0 bridgehead atoms. The Morgan fingerprint density at radius 3 is 2.48 bits per heavy atom. The van der Waals surface area contributed by atoms with Crippen LogP contribution in [0.4, 0.5) is 0 Å². The highest BCUT2D eigenvalue weighted by Crippen LogP contribution is 2.40. The lowest BCUT2D eigenvalue weighted by atomic mass is 10.0. The lowest BCUT2D eigenvalue weighted by molar-refractivity contribution is 0.473. The van der Waals surface area contributed by atoms with Gasteiger partial charge < -0.3 is 14.6 Å². The highest BCUT2D eigenvalue weighted by Gasteiger charge is 2.19. The van der Waals surface area contributed by atoms with Gasteiger partial charge in [0.05, 0.1) is 10.4 Å². The molecule has 0 saturated heterocycles. The fourth-order valence-corrected chi connectivity index (χ4v) is 3.15. The summed E-state index contributed by atoms with van der Waals surface area (Å²) < 4.78 is 5.92. The molecule has 0 aliphatic heterocycles. The predicted octanol–water partition coefficient (Wildman–Crippen LogP) is 5.35. The third-order valence-corrected chi connectivity index (χ3v) is 4.41. The van der Waals surface area contributed by atoms with Crippen LogP contribution < -0.4 is 0 Å². The zero-order valence-corrected chi connectivity index (χ0v) is 13.9. The molecule has 0 atom stereocenters. The van der Waals surface area contributed by atoms with Crippen molar-refractivity contribution in [3.8, 4) is 11.5 Å². The molecule has 0 fully saturated rings. The van der Waals surface area contributed by atoms with E-state index < -0.39 is 0 Å². The molecule has 1 aromatic heterocycles. The van der Waals surface area contributed by atoms with Gasteiger partial charge in [0.1, 0.15) is 17.3 Å². The maximum atomic E-state index is 10.5. The van der Waals surface area contributed by atoms with Gasteiger partial charge in [0.15, 0.2) is 5.58 Å². The first-order chi connectivity index (χ1) is 11.0. The maximum Gasteiger partial charge on any atom is 0.156 e. The Kier molecular flexibility index (Phi) is 4.22. The lowest BCUT2D eigenvalue weighted by Crippen LogP contribution is -1.88. The Hall–Kier alpha value is -2.13. The molecule has 1 heterocycles. The molecule has 0 amide bonds. The van der Waals surface area contributed by atoms with Crippen molar-refractivity contribution < 1.29 is 14.6 Å². The van der Waals surface area contributed by atoms with E-state index in [2.05, 4.69) is 6.92 Å². The van der Waals surface area contributed by atoms with Crippen LogP contribution in [0.1, 0.15) is 35.8 Å². The summed E-state index contributed by atoms with van der Waals surface area (Å²) in [6.07, 6.45) is 2.30. The summed E-state index contributed by atoms with van der Waals surface area (Å²) in [4.78, 5) is 0. The fraction of sp³-hybridized carbons (Fsp3) is 0.263. The van der Waals surface area contributed by atoms with Crippen molar-refractivity contribution in [1.82, 2.24) is 0 Å². The first-order valence-corrected chi connectivity index (χ1v) is 8.09. The summed E-state index contributed by atoms with van der Waals surface area (Å²) in [5.41, 5.74) is 3.32. The molecule has 3 rings (SSSR count). The third-order valence-electron chi connectivity index (χ3n) is 4.12. The number of phenols is 2. The Balaban J connectivity index is 2.09. The Bertz CT molecular complexity index is 847. The summed E-state index contributed by atoms with van der Waals surface area (Å²) in [5.74, 6) is 1.28. The van der Waals surface area contributed by atoms with Crippen molar-refractivity contribution >= 4 is 22.6 Å². The first-order valence-electron chi connectivity index (χ1n) is 7.71. The zero-order chi connectivity index (χ0) is 16.6. The number of furan rings is 1. The van der Waals surface area contributed by atoms with Crippen LogP contribution in [0, 0.1) is 6.92 Å². The van der Waals surface area contributed by atoms with E-state index in [0.29, 0.717) is 22.4 Å². The van der Waals surface area contributed by atoms with E-state index in [4.69, 9.17) is 16.0 Å². The van der Waals surface area contributed by atoms with Crippen LogP contribution in [-0.4, -0.2) is 10.2 Å². The zero-order valence-electron chi connectivity index (χ0n) is 13.2. The van der Waals surface area contributed by atoms with Gasteiger partial charge in [-0.15, -0.1) is 0 Å². The number of rotatable bonds is 4. The standard InChI is InChI=1S/C19H19ClO3/c1-3-4-13-10-15(20)19-17(18(13)22)11(2)16(23-19)9-12-5-7-14(21)8-6-12/h5-8,10,21-22H,3-4,9H2,1-2H3. The molecule has 2 aromatic carbocycles. The van der Waals surface area contributed by atoms with Crippen molar-refractivity contribution in [3.05, 3.63) is 57.8 Å². The second-order valence-electron chi connectivity index (χ2n) is 5.81. The molecular weight excluding hydrogens is 312 g/mol. The summed E-state index contributed by atoms with van der Waals surface area (Å²) in [7, 11) is 0. The summed E-state index contributed by atoms with van der Waals surface area (Å²) in [6.45, 7) is 4.00. The van der Waals surface area contributed by atoms with Gasteiger partial charge in [-0.2, -0.15) is 0 Å². The van der Waals surface area contributed by atoms with Gasteiger partial charge in [0, 0.05) is 12.0 Å². The molecule has 3 nitrogen and oxygen atoms in total. The van der Waals surface area contributed by atoms with Crippen LogP contribution in [0.5, 0.6) is 11.5 Å². The number of hydrogen-bond donors (Lipinski definition) is 2. The van der Waals surface area contributed by atoms with E-state index in [0.717, 1.165) is 35.3 Å². The molecule has 120 valence electrons. The van der Waals surface area contributed by atoms with Crippen LogP contribution >= 0.6 is 11.6 Å². The van der Waals surface area contributed by atoms with Crippen molar-refractivity contribution in [2.24, 2.45) is 0 Å². The number of fused-ring (bicyclic) bond motifs is 1. The second kappa shape index (κ2) is 6.17. The largest absolute Gasteiger partial charge is 0.508 e. The molecular formula is C19H19ClO3. The molecule has 0 radical (unpaired) electrons.